The quantitative estimate of drug-likeness (QED) is 0.511. The summed E-state index contributed by atoms with van der Waals surface area (Å²) in [6, 6.07) is 14.7. The van der Waals surface area contributed by atoms with Gasteiger partial charge >= 0.3 is 5.97 Å². The van der Waals surface area contributed by atoms with Crippen LogP contribution in [0, 0.1) is 0 Å². The summed E-state index contributed by atoms with van der Waals surface area (Å²) >= 11 is 1.31. The van der Waals surface area contributed by atoms with Crippen molar-refractivity contribution >= 4 is 29.1 Å². The van der Waals surface area contributed by atoms with Gasteiger partial charge in [-0.1, -0.05) is 35.6 Å². The lowest BCUT2D eigenvalue weighted by atomic mass is 9.95. The molecule has 0 saturated heterocycles. The smallest absolute Gasteiger partial charge is 0.338 e. The van der Waals surface area contributed by atoms with Gasteiger partial charge in [0.15, 0.2) is 4.80 Å². The van der Waals surface area contributed by atoms with E-state index in [0.717, 1.165) is 16.8 Å². The van der Waals surface area contributed by atoms with Gasteiger partial charge in [0.05, 0.1) is 35.6 Å². The first-order chi connectivity index (χ1) is 16.3. The minimum Gasteiger partial charge on any atom is -0.497 e. The first-order valence-corrected chi connectivity index (χ1v) is 11.8. The van der Waals surface area contributed by atoms with Crippen molar-refractivity contribution in [3.05, 3.63) is 90.6 Å². The summed E-state index contributed by atoms with van der Waals surface area (Å²) in [5, 5.41) is 0. The highest BCUT2D eigenvalue weighted by Gasteiger charge is 2.33. The lowest BCUT2D eigenvalue weighted by Gasteiger charge is -2.25. The number of hydrogen-bond acceptors (Lipinski definition) is 7. The Morgan fingerprint density at radius 3 is 2.59 bits per heavy atom. The first kappa shape index (κ1) is 23.5. The molecular formula is C26H27N3O4S. The fourth-order valence-corrected chi connectivity index (χ4v) is 4.99. The molecule has 0 spiro atoms. The number of benzene rings is 2. The van der Waals surface area contributed by atoms with Gasteiger partial charge in [-0.25, -0.2) is 9.79 Å². The summed E-state index contributed by atoms with van der Waals surface area (Å²) < 4.78 is 12.9. The van der Waals surface area contributed by atoms with E-state index in [1.807, 2.05) is 73.6 Å². The molecule has 4 rings (SSSR count). The van der Waals surface area contributed by atoms with Crippen LogP contribution in [0.5, 0.6) is 5.75 Å². The largest absolute Gasteiger partial charge is 0.497 e. The predicted octanol–water partition coefficient (Wildman–Crippen LogP) is 2.87. The van der Waals surface area contributed by atoms with Gasteiger partial charge < -0.3 is 14.4 Å². The maximum absolute atomic E-state index is 13.6. The number of allylic oxidation sites excluding steroid dienone is 1. The SMILES string of the molecule is CCOC(=O)C1=C(C)N=c2sc(=Cc3ccc(N(C)C)cc3)c(=O)n2C1c1cccc(OC)c1. The van der Waals surface area contributed by atoms with E-state index < -0.39 is 12.0 Å². The van der Waals surface area contributed by atoms with E-state index in [0.29, 0.717) is 26.4 Å². The molecule has 0 aliphatic carbocycles. The number of aromatic nitrogens is 1. The van der Waals surface area contributed by atoms with Gasteiger partial charge in [0.2, 0.25) is 0 Å². The lowest BCUT2D eigenvalue weighted by Crippen LogP contribution is -2.39. The summed E-state index contributed by atoms with van der Waals surface area (Å²) in [6.45, 7) is 3.76. The van der Waals surface area contributed by atoms with Gasteiger partial charge in [-0.2, -0.15) is 0 Å². The van der Waals surface area contributed by atoms with Crippen molar-refractivity contribution in [3.63, 3.8) is 0 Å². The van der Waals surface area contributed by atoms with Gasteiger partial charge in [-0.05, 0) is 55.3 Å². The highest BCUT2D eigenvalue weighted by Crippen LogP contribution is 2.32. The number of carbonyl (C=O) groups is 1. The molecule has 176 valence electrons. The number of ether oxygens (including phenoxy) is 2. The second-order valence-electron chi connectivity index (χ2n) is 8.06. The van der Waals surface area contributed by atoms with Crippen LogP contribution in [0.3, 0.4) is 0 Å². The molecular weight excluding hydrogens is 450 g/mol. The average Bonchev–Trinajstić information content (AvgIpc) is 3.13. The number of hydrogen-bond donors (Lipinski definition) is 0. The van der Waals surface area contributed by atoms with Gasteiger partial charge in [-0.3, -0.25) is 9.36 Å². The van der Waals surface area contributed by atoms with Crippen LogP contribution < -0.4 is 24.5 Å². The predicted molar refractivity (Wildman–Crippen MR) is 134 cm³/mol. The molecule has 0 radical (unpaired) electrons. The Morgan fingerprint density at radius 1 is 1.21 bits per heavy atom. The molecule has 8 heteroatoms. The van der Waals surface area contributed by atoms with E-state index in [1.54, 1.807) is 25.5 Å². The highest BCUT2D eigenvalue weighted by atomic mass is 32.1. The zero-order chi connectivity index (χ0) is 24.4. The van der Waals surface area contributed by atoms with Crippen LogP contribution >= 0.6 is 11.3 Å². The van der Waals surface area contributed by atoms with Crippen molar-refractivity contribution in [2.75, 3.05) is 32.7 Å². The summed E-state index contributed by atoms with van der Waals surface area (Å²) in [4.78, 5) is 33.8. The van der Waals surface area contributed by atoms with E-state index in [2.05, 4.69) is 4.99 Å². The summed E-state index contributed by atoms with van der Waals surface area (Å²) in [7, 11) is 5.55. The summed E-state index contributed by atoms with van der Waals surface area (Å²) in [5.41, 5.74) is 3.42. The number of methoxy groups -OCH3 is 1. The molecule has 2 heterocycles. The van der Waals surface area contributed by atoms with E-state index >= 15 is 0 Å². The third kappa shape index (κ3) is 4.41. The zero-order valence-corrected chi connectivity index (χ0v) is 20.7. The van der Waals surface area contributed by atoms with Gasteiger partial charge in [0.25, 0.3) is 5.56 Å². The topological polar surface area (TPSA) is 73.1 Å². The second kappa shape index (κ2) is 9.69. The Hall–Kier alpha value is -3.65. The fraction of sp³-hybridized carbons (Fsp3) is 0.269. The van der Waals surface area contributed by atoms with Crippen LogP contribution in [-0.4, -0.2) is 38.3 Å². The molecule has 0 saturated carbocycles. The third-order valence-electron chi connectivity index (χ3n) is 5.63. The van der Waals surface area contributed by atoms with Crippen LogP contribution in [-0.2, 0) is 9.53 Å². The standard InChI is InChI=1S/C26H27N3O4S/c1-6-33-25(31)22-16(2)27-26-29(23(22)18-8-7-9-20(15-18)32-5)24(30)21(34-26)14-17-10-12-19(13-11-17)28(3)4/h7-15,23H,6H2,1-5H3. The highest BCUT2D eigenvalue weighted by molar-refractivity contribution is 7.07. The number of esters is 1. The monoisotopic (exact) mass is 477 g/mol. The van der Waals surface area contributed by atoms with Crippen LogP contribution in [0.2, 0.25) is 0 Å². The number of fused-ring (bicyclic) bond motifs is 1. The Morgan fingerprint density at radius 2 is 1.94 bits per heavy atom. The molecule has 0 amide bonds. The van der Waals surface area contributed by atoms with Crippen molar-refractivity contribution < 1.29 is 14.3 Å². The zero-order valence-electron chi connectivity index (χ0n) is 19.9. The van der Waals surface area contributed by atoms with Crippen molar-refractivity contribution in [2.45, 2.75) is 19.9 Å². The molecule has 0 N–H and O–H groups in total. The Labute approximate surface area is 201 Å². The van der Waals surface area contributed by atoms with Crippen molar-refractivity contribution in [3.8, 4) is 5.75 Å². The van der Waals surface area contributed by atoms with Gasteiger partial charge in [-0.15, -0.1) is 0 Å². The van der Waals surface area contributed by atoms with Crippen LogP contribution in [0.4, 0.5) is 5.69 Å². The average molecular weight is 478 g/mol. The van der Waals surface area contributed by atoms with Crippen LogP contribution in [0.25, 0.3) is 6.08 Å². The van der Waals surface area contributed by atoms with Crippen LogP contribution in [0.15, 0.2) is 69.6 Å². The van der Waals surface area contributed by atoms with Crippen molar-refractivity contribution in [2.24, 2.45) is 4.99 Å². The van der Waals surface area contributed by atoms with Gasteiger partial charge in [0.1, 0.15) is 5.75 Å². The molecule has 1 aliphatic heterocycles. The number of anilines is 1. The fourth-order valence-electron chi connectivity index (χ4n) is 3.94. The molecule has 3 aromatic rings. The van der Waals surface area contributed by atoms with Crippen molar-refractivity contribution in [1.82, 2.24) is 4.57 Å². The molecule has 0 fully saturated rings. The van der Waals surface area contributed by atoms with E-state index in [-0.39, 0.29) is 12.2 Å². The Kier molecular flexibility index (Phi) is 6.70. The molecule has 1 unspecified atom stereocenters. The van der Waals surface area contributed by atoms with E-state index in [9.17, 15) is 9.59 Å². The number of carbonyl (C=O) groups excluding carboxylic acids is 1. The molecule has 2 aromatic carbocycles. The lowest BCUT2D eigenvalue weighted by molar-refractivity contribution is -0.139. The molecule has 0 bridgehead atoms. The first-order valence-electron chi connectivity index (χ1n) is 10.9. The minimum absolute atomic E-state index is 0.206. The minimum atomic E-state index is -0.663. The molecule has 1 aromatic heterocycles. The molecule has 1 aliphatic rings. The molecule has 1 atom stereocenters. The second-order valence-corrected chi connectivity index (χ2v) is 9.07. The van der Waals surface area contributed by atoms with Gasteiger partial charge in [0, 0.05) is 19.8 Å². The van der Waals surface area contributed by atoms with Crippen LogP contribution in [0.1, 0.15) is 31.0 Å². The number of rotatable bonds is 6. The number of thiazole rings is 1. The third-order valence-corrected chi connectivity index (χ3v) is 6.62. The maximum Gasteiger partial charge on any atom is 0.338 e. The Bertz CT molecular complexity index is 1430. The molecule has 34 heavy (non-hydrogen) atoms. The van der Waals surface area contributed by atoms with Crippen molar-refractivity contribution in [1.29, 1.82) is 0 Å². The summed E-state index contributed by atoms with van der Waals surface area (Å²) in [5.74, 6) is 0.156. The van der Waals surface area contributed by atoms with E-state index in [4.69, 9.17) is 9.47 Å². The van der Waals surface area contributed by atoms with E-state index in [1.165, 1.54) is 11.3 Å². The number of nitrogens with zero attached hydrogens (tertiary/aromatic N) is 3. The normalized spacial score (nSPS) is 15.6. The Balaban J connectivity index is 1.91. The molecule has 7 nitrogen and oxygen atoms in total. The maximum atomic E-state index is 13.6. The summed E-state index contributed by atoms with van der Waals surface area (Å²) in [6.07, 6.45) is 1.86.